The van der Waals surface area contributed by atoms with Gasteiger partial charge in [0.05, 0.1) is 0 Å². The Morgan fingerprint density at radius 1 is 1.14 bits per heavy atom. The maximum Gasteiger partial charge on any atom is 0.00544 e. The van der Waals surface area contributed by atoms with Crippen LogP contribution in [-0.4, -0.2) is 0 Å². The number of benzene rings is 1. The van der Waals surface area contributed by atoms with Gasteiger partial charge in [0.2, 0.25) is 0 Å². The van der Waals surface area contributed by atoms with E-state index in [1.165, 1.54) is 29.5 Å². The molecule has 0 fully saturated rings. The smallest absolute Gasteiger partial charge is 0.00544 e. The summed E-state index contributed by atoms with van der Waals surface area (Å²) in [4.78, 5) is 0. The van der Waals surface area contributed by atoms with Crippen LogP contribution in [0.1, 0.15) is 71.4 Å². The van der Waals surface area contributed by atoms with Gasteiger partial charge in [0.25, 0.3) is 0 Å². The standard InChI is InChI=1S/C19H24.C2H6.CH4/c1-4-8-19(18-12-7-10-16(3)14-18)17-11-6-5-9-15(2)13-17;1-2;/h5-7,9-10,12-14,19H,4,8,11H2,1-3H3;1-2H3;1H4. The van der Waals surface area contributed by atoms with Crippen molar-refractivity contribution in [3.8, 4) is 0 Å². The molecule has 0 heterocycles. The third-order valence-electron chi connectivity index (χ3n) is 3.73. The first-order valence-corrected chi connectivity index (χ1v) is 8.31. The number of allylic oxidation sites excluding steroid dienone is 6. The van der Waals surface area contributed by atoms with E-state index in [4.69, 9.17) is 0 Å². The van der Waals surface area contributed by atoms with Crippen molar-refractivity contribution in [1.82, 2.24) is 0 Å². The fraction of sp³-hybridized carbons (Fsp3) is 0.455. The highest BCUT2D eigenvalue weighted by atomic mass is 14.2. The van der Waals surface area contributed by atoms with Crippen LogP contribution < -0.4 is 0 Å². The number of hydrogen-bond acceptors (Lipinski definition) is 0. The number of aryl methyl sites for hydroxylation is 1. The first kappa shape index (κ1) is 20.4. The topological polar surface area (TPSA) is 0 Å². The molecular weight excluding hydrogens is 264 g/mol. The first-order chi connectivity index (χ1) is 10.2. The summed E-state index contributed by atoms with van der Waals surface area (Å²) in [6.07, 6.45) is 12.6. The van der Waals surface area contributed by atoms with Gasteiger partial charge < -0.3 is 0 Å². The summed E-state index contributed by atoms with van der Waals surface area (Å²) >= 11 is 0. The van der Waals surface area contributed by atoms with E-state index in [1.54, 1.807) is 5.57 Å². The molecule has 1 unspecified atom stereocenters. The Morgan fingerprint density at radius 3 is 2.50 bits per heavy atom. The van der Waals surface area contributed by atoms with E-state index >= 15 is 0 Å². The van der Waals surface area contributed by atoms with Gasteiger partial charge in [-0.1, -0.05) is 99.9 Å². The Bertz CT molecular complexity index is 515. The van der Waals surface area contributed by atoms with Crippen molar-refractivity contribution in [2.24, 2.45) is 0 Å². The molecule has 122 valence electrons. The molecule has 1 aromatic carbocycles. The van der Waals surface area contributed by atoms with Gasteiger partial charge >= 0.3 is 0 Å². The van der Waals surface area contributed by atoms with Crippen molar-refractivity contribution >= 4 is 0 Å². The summed E-state index contributed by atoms with van der Waals surface area (Å²) in [5.74, 6) is 0.566. The average molecular weight is 299 g/mol. The Labute approximate surface area is 138 Å². The quantitative estimate of drug-likeness (QED) is 0.544. The lowest BCUT2D eigenvalue weighted by Gasteiger charge is -2.20. The summed E-state index contributed by atoms with van der Waals surface area (Å²) in [5.41, 5.74) is 5.74. The third kappa shape index (κ3) is 6.05. The third-order valence-corrected chi connectivity index (χ3v) is 3.73. The highest BCUT2D eigenvalue weighted by Crippen LogP contribution is 2.33. The van der Waals surface area contributed by atoms with E-state index in [-0.39, 0.29) is 7.43 Å². The van der Waals surface area contributed by atoms with E-state index in [1.807, 2.05) is 13.8 Å². The van der Waals surface area contributed by atoms with Crippen LogP contribution in [0.4, 0.5) is 0 Å². The van der Waals surface area contributed by atoms with Crippen molar-refractivity contribution < 1.29 is 0 Å². The first-order valence-electron chi connectivity index (χ1n) is 8.31. The molecule has 1 aromatic rings. The summed E-state index contributed by atoms with van der Waals surface area (Å²) in [6.45, 7) is 10.6. The minimum absolute atomic E-state index is 0. The van der Waals surface area contributed by atoms with Gasteiger partial charge in [-0.15, -0.1) is 0 Å². The molecule has 0 amide bonds. The highest BCUT2D eigenvalue weighted by molar-refractivity contribution is 5.38. The highest BCUT2D eigenvalue weighted by Gasteiger charge is 2.16. The molecule has 0 saturated heterocycles. The van der Waals surface area contributed by atoms with Crippen LogP contribution in [-0.2, 0) is 0 Å². The average Bonchev–Trinajstić information content (AvgIpc) is 2.71. The minimum atomic E-state index is 0. The number of rotatable bonds is 4. The van der Waals surface area contributed by atoms with Crippen LogP contribution in [0, 0.1) is 6.92 Å². The van der Waals surface area contributed by atoms with Crippen LogP contribution in [0.25, 0.3) is 0 Å². The van der Waals surface area contributed by atoms with Gasteiger partial charge in [-0.2, -0.15) is 0 Å². The Kier molecular flexibility index (Phi) is 10.3. The van der Waals surface area contributed by atoms with Crippen molar-refractivity contribution in [2.45, 2.75) is 67.2 Å². The Morgan fingerprint density at radius 2 is 1.86 bits per heavy atom. The lowest BCUT2D eigenvalue weighted by atomic mass is 9.84. The molecular formula is C22H34. The molecule has 0 radical (unpaired) electrons. The second-order valence-corrected chi connectivity index (χ2v) is 5.52. The SMILES string of the molecule is C.CC.CCCC(C1=CC(C)=CC=CC1)c1cccc(C)c1. The maximum atomic E-state index is 2.38. The zero-order valence-corrected chi connectivity index (χ0v) is 14.3. The summed E-state index contributed by atoms with van der Waals surface area (Å²) in [6, 6.07) is 8.98. The molecule has 2 rings (SSSR count). The maximum absolute atomic E-state index is 2.38. The molecule has 0 spiro atoms. The molecule has 0 aliphatic heterocycles. The van der Waals surface area contributed by atoms with Crippen molar-refractivity contribution in [3.63, 3.8) is 0 Å². The second kappa shape index (κ2) is 11.1. The molecule has 0 bridgehead atoms. The van der Waals surface area contributed by atoms with Crippen molar-refractivity contribution in [2.75, 3.05) is 0 Å². The molecule has 0 aromatic heterocycles. The molecule has 0 heteroatoms. The van der Waals surface area contributed by atoms with Crippen LogP contribution in [0.2, 0.25) is 0 Å². The zero-order valence-electron chi connectivity index (χ0n) is 14.3. The van der Waals surface area contributed by atoms with Gasteiger partial charge in [0, 0.05) is 5.92 Å². The van der Waals surface area contributed by atoms with Gasteiger partial charge in [0.15, 0.2) is 0 Å². The van der Waals surface area contributed by atoms with E-state index in [9.17, 15) is 0 Å². The predicted molar refractivity (Wildman–Crippen MR) is 103 cm³/mol. The fourth-order valence-electron chi connectivity index (χ4n) is 2.81. The summed E-state index contributed by atoms with van der Waals surface area (Å²) in [5, 5.41) is 0. The molecule has 22 heavy (non-hydrogen) atoms. The predicted octanol–water partition coefficient (Wildman–Crippen LogP) is 7.37. The van der Waals surface area contributed by atoms with Crippen molar-refractivity contribution in [3.05, 3.63) is 70.8 Å². The molecule has 1 atom stereocenters. The molecule has 0 nitrogen and oxygen atoms in total. The van der Waals surface area contributed by atoms with Crippen LogP contribution in [0.3, 0.4) is 0 Å². The lowest BCUT2D eigenvalue weighted by Crippen LogP contribution is -2.03. The minimum Gasteiger partial charge on any atom is -0.0804 e. The van der Waals surface area contributed by atoms with E-state index in [0.717, 1.165) is 6.42 Å². The van der Waals surface area contributed by atoms with Crippen molar-refractivity contribution in [1.29, 1.82) is 0 Å². The Balaban J connectivity index is 0.00000141. The fourth-order valence-corrected chi connectivity index (χ4v) is 2.81. The summed E-state index contributed by atoms with van der Waals surface area (Å²) < 4.78 is 0. The lowest BCUT2D eigenvalue weighted by molar-refractivity contribution is 0.675. The molecule has 1 aliphatic carbocycles. The molecule has 1 aliphatic rings. The van der Waals surface area contributed by atoms with Gasteiger partial charge in [-0.25, -0.2) is 0 Å². The molecule has 0 N–H and O–H groups in total. The second-order valence-electron chi connectivity index (χ2n) is 5.52. The van der Waals surface area contributed by atoms with Crippen LogP contribution in [0.15, 0.2) is 59.7 Å². The zero-order chi connectivity index (χ0) is 15.7. The summed E-state index contributed by atoms with van der Waals surface area (Å²) in [7, 11) is 0. The van der Waals surface area contributed by atoms with Gasteiger partial charge in [-0.05, 0) is 32.3 Å². The van der Waals surface area contributed by atoms with E-state index in [2.05, 4.69) is 69.3 Å². The monoisotopic (exact) mass is 298 g/mol. The van der Waals surface area contributed by atoms with E-state index < -0.39 is 0 Å². The van der Waals surface area contributed by atoms with Gasteiger partial charge in [0.1, 0.15) is 0 Å². The Hall–Kier alpha value is -1.56. The molecule has 0 saturated carbocycles. The normalized spacial score (nSPS) is 14.6. The number of hydrogen-bond donors (Lipinski definition) is 0. The largest absolute Gasteiger partial charge is 0.0804 e. The van der Waals surface area contributed by atoms with Gasteiger partial charge in [-0.3, -0.25) is 0 Å². The van der Waals surface area contributed by atoms with Crippen LogP contribution in [0.5, 0.6) is 0 Å². The van der Waals surface area contributed by atoms with Crippen LogP contribution >= 0.6 is 0 Å². The van der Waals surface area contributed by atoms with E-state index in [0.29, 0.717) is 5.92 Å².